The second-order valence-corrected chi connectivity index (χ2v) is 4.00. The maximum Gasteiger partial charge on any atom is 0.0781 e. The molecule has 0 amide bonds. The van der Waals surface area contributed by atoms with E-state index in [2.05, 4.69) is 24.8 Å². The molecule has 1 rings (SSSR count). The van der Waals surface area contributed by atoms with Crippen LogP contribution >= 0.6 is 0 Å². The quantitative estimate of drug-likeness (QED) is 0.678. The van der Waals surface area contributed by atoms with Crippen molar-refractivity contribution in [2.45, 2.75) is 38.7 Å². The highest BCUT2D eigenvalue weighted by Gasteiger charge is 2.10. The maximum absolute atomic E-state index is 9.69. The topological polar surface area (TPSA) is 20.2 Å². The molecule has 0 aromatic rings. The molecule has 0 heterocycles. The molecule has 0 saturated carbocycles. The molecule has 78 valence electrons. The van der Waals surface area contributed by atoms with Crippen molar-refractivity contribution in [3.8, 4) is 0 Å². The van der Waals surface area contributed by atoms with E-state index in [-0.39, 0.29) is 6.10 Å². The largest absolute Gasteiger partial charge is 0.388 e. The number of allylic oxidation sites excluding steroid dienone is 3. The standard InChI is InChI=1S/C13H20O/c1-3-7-13(14)11(2)10-12-8-5-4-6-9-12/h3-5,10,12-14H,1,6-9H2,2H3. The molecular formula is C13H20O. The average Bonchev–Trinajstić information content (AvgIpc) is 2.19. The molecule has 0 aromatic heterocycles. The Kier molecular flexibility index (Phi) is 4.68. The maximum atomic E-state index is 9.69. The number of aliphatic hydroxyl groups is 1. The first-order valence-electron chi connectivity index (χ1n) is 5.36. The molecule has 0 radical (unpaired) electrons. The summed E-state index contributed by atoms with van der Waals surface area (Å²) in [5.41, 5.74) is 1.09. The van der Waals surface area contributed by atoms with Crippen molar-refractivity contribution in [2.24, 2.45) is 5.92 Å². The molecule has 0 aliphatic heterocycles. The molecule has 2 unspecified atom stereocenters. The van der Waals surface area contributed by atoms with Gasteiger partial charge in [-0.1, -0.05) is 24.3 Å². The molecule has 0 spiro atoms. The SMILES string of the molecule is C=CCC(O)C(C)=CC1CC=CCC1. The van der Waals surface area contributed by atoms with E-state index < -0.39 is 0 Å². The molecule has 2 atom stereocenters. The van der Waals surface area contributed by atoms with Crippen LogP contribution in [0.1, 0.15) is 32.6 Å². The van der Waals surface area contributed by atoms with Crippen LogP contribution in [0.2, 0.25) is 0 Å². The lowest BCUT2D eigenvalue weighted by atomic mass is 9.91. The van der Waals surface area contributed by atoms with Gasteiger partial charge in [0, 0.05) is 0 Å². The number of rotatable bonds is 4. The van der Waals surface area contributed by atoms with Crippen LogP contribution in [0, 0.1) is 5.92 Å². The van der Waals surface area contributed by atoms with Gasteiger partial charge in [-0.05, 0) is 44.1 Å². The lowest BCUT2D eigenvalue weighted by Crippen LogP contribution is -2.09. The third-order valence-corrected chi connectivity index (χ3v) is 2.72. The van der Waals surface area contributed by atoms with Gasteiger partial charge in [0.05, 0.1) is 6.10 Å². The second kappa shape index (κ2) is 5.82. The minimum Gasteiger partial charge on any atom is -0.388 e. The van der Waals surface area contributed by atoms with Crippen molar-refractivity contribution in [3.63, 3.8) is 0 Å². The summed E-state index contributed by atoms with van der Waals surface area (Å²) in [4.78, 5) is 0. The van der Waals surface area contributed by atoms with Crippen molar-refractivity contribution < 1.29 is 5.11 Å². The number of hydrogen-bond acceptors (Lipinski definition) is 1. The van der Waals surface area contributed by atoms with Crippen LogP contribution < -0.4 is 0 Å². The van der Waals surface area contributed by atoms with Crippen molar-refractivity contribution in [1.29, 1.82) is 0 Å². The van der Waals surface area contributed by atoms with Crippen LogP contribution in [0.5, 0.6) is 0 Å². The van der Waals surface area contributed by atoms with E-state index in [9.17, 15) is 5.11 Å². The fourth-order valence-electron chi connectivity index (χ4n) is 1.80. The minimum absolute atomic E-state index is 0.335. The predicted molar refractivity (Wildman–Crippen MR) is 61.1 cm³/mol. The Balaban J connectivity index is 2.48. The Morgan fingerprint density at radius 2 is 2.43 bits per heavy atom. The number of hydrogen-bond donors (Lipinski definition) is 1. The first-order chi connectivity index (χ1) is 6.74. The van der Waals surface area contributed by atoms with E-state index in [1.165, 1.54) is 12.8 Å². The zero-order valence-corrected chi connectivity index (χ0v) is 8.95. The zero-order chi connectivity index (χ0) is 10.4. The summed E-state index contributed by atoms with van der Waals surface area (Å²) in [7, 11) is 0. The van der Waals surface area contributed by atoms with Gasteiger partial charge in [0.1, 0.15) is 0 Å². The van der Waals surface area contributed by atoms with E-state index in [4.69, 9.17) is 0 Å². The van der Waals surface area contributed by atoms with Gasteiger partial charge in [-0.3, -0.25) is 0 Å². The zero-order valence-electron chi connectivity index (χ0n) is 8.95. The Labute approximate surface area is 86.8 Å². The fraction of sp³-hybridized carbons (Fsp3) is 0.538. The van der Waals surface area contributed by atoms with Crippen molar-refractivity contribution >= 4 is 0 Å². The fourth-order valence-corrected chi connectivity index (χ4v) is 1.80. The highest BCUT2D eigenvalue weighted by molar-refractivity contribution is 5.10. The van der Waals surface area contributed by atoms with Gasteiger partial charge in [-0.2, -0.15) is 0 Å². The van der Waals surface area contributed by atoms with Gasteiger partial charge in [0.15, 0.2) is 0 Å². The monoisotopic (exact) mass is 192 g/mol. The molecule has 0 saturated heterocycles. The molecule has 0 fully saturated rings. The highest BCUT2D eigenvalue weighted by atomic mass is 16.3. The van der Waals surface area contributed by atoms with Gasteiger partial charge < -0.3 is 5.11 Å². The van der Waals surface area contributed by atoms with E-state index in [1.54, 1.807) is 6.08 Å². The molecule has 1 aliphatic carbocycles. The summed E-state index contributed by atoms with van der Waals surface area (Å²) in [6.45, 7) is 5.64. The normalized spacial score (nSPS) is 24.7. The van der Waals surface area contributed by atoms with Crippen LogP contribution in [0.25, 0.3) is 0 Å². The van der Waals surface area contributed by atoms with Crippen LogP contribution in [0.15, 0.2) is 36.5 Å². The Bertz CT molecular complexity index is 238. The second-order valence-electron chi connectivity index (χ2n) is 4.00. The smallest absolute Gasteiger partial charge is 0.0781 e. The van der Waals surface area contributed by atoms with Gasteiger partial charge in [-0.25, -0.2) is 0 Å². The molecule has 1 heteroatoms. The third-order valence-electron chi connectivity index (χ3n) is 2.72. The third kappa shape index (κ3) is 3.51. The summed E-state index contributed by atoms with van der Waals surface area (Å²) in [5.74, 6) is 0.625. The predicted octanol–water partition coefficient (Wildman–Crippen LogP) is 3.23. The van der Waals surface area contributed by atoms with Crippen molar-refractivity contribution in [3.05, 3.63) is 36.5 Å². The van der Waals surface area contributed by atoms with E-state index >= 15 is 0 Å². The molecule has 1 aliphatic rings. The van der Waals surface area contributed by atoms with E-state index in [0.29, 0.717) is 12.3 Å². The van der Waals surface area contributed by atoms with Crippen molar-refractivity contribution in [1.82, 2.24) is 0 Å². The van der Waals surface area contributed by atoms with Crippen LogP contribution in [-0.2, 0) is 0 Å². The average molecular weight is 192 g/mol. The summed E-state index contributed by atoms with van der Waals surface area (Å²) in [5, 5.41) is 9.69. The summed E-state index contributed by atoms with van der Waals surface area (Å²) < 4.78 is 0. The Hall–Kier alpha value is -0.820. The molecule has 0 aromatic carbocycles. The minimum atomic E-state index is -0.335. The van der Waals surface area contributed by atoms with Crippen LogP contribution in [0.3, 0.4) is 0 Å². The molecule has 14 heavy (non-hydrogen) atoms. The van der Waals surface area contributed by atoms with Gasteiger partial charge in [0.2, 0.25) is 0 Å². The highest BCUT2D eigenvalue weighted by Crippen LogP contribution is 2.22. The van der Waals surface area contributed by atoms with Crippen LogP contribution in [0.4, 0.5) is 0 Å². The van der Waals surface area contributed by atoms with Gasteiger partial charge in [0.25, 0.3) is 0 Å². The van der Waals surface area contributed by atoms with Crippen LogP contribution in [-0.4, -0.2) is 11.2 Å². The molecular weight excluding hydrogens is 172 g/mol. The first-order valence-corrected chi connectivity index (χ1v) is 5.36. The lowest BCUT2D eigenvalue weighted by Gasteiger charge is -2.16. The Morgan fingerprint density at radius 1 is 1.64 bits per heavy atom. The molecule has 1 nitrogen and oxygen atoms in total. The summed E-state index contributed by atoms with van der Waals surface area (Å²) in [6, 6.07) is 0. The lowest BCUT2D eigenvalue weighted by molar-refractivity contribution is 0.213. The summed E-state index contributed by atoms with van der Waals surface area (Å²) >= 11 is 0. The Morgan fingerprint density at radius 3 is 3.00 bits per heavy atom. The first kappa shape index (κ1) is 11.3. The molecule has 0 bridgehead atoms. The van der Waals surface area contributed by atoms with E-state index in [1.807, 2.05) is 6.92 Å². The molecule has 1 N–H and O–H groups in total. The number of aliphatic hydroxyl groups excluding tert-OH is 1. The van der Waals surface area contributed by atoms with Gasteiger partial charge in [-0.15, -0.1) is 6.58 Å². The van der Waals surface area contributed by atoms with E-state index in [0.717, 1.165) is 12.0 Å². The summed E-state index contributed by atoms with van der Waals surface area (Å²) in [6.07, 6.45) is 12.3. The van der Waals surface area contributed by atoms with Gasteiger partial charge >= 0.3 is 0 Å². The van der Waals surface area contributed by atoms with Crippen molar-refractivity contribution in [2.75, 3.05) is 0 Å².